The molecule has 0 aliphatic heterocycles. The summed E-state index contributed by atoms with van der Waals surface area (Å²) in [6.07, 6.45) is -2.97. The maximum Gasteiger partial charge on any atom is 0.417 e. The molecule has 1 aromatic rings. The minimum absolute atomic E-state index is 0.0455. The molecule has 6 heteroatoms. The van der Waals surface area contributed by atoms with Gasteiger partial charge in [0.15, 0.2) is 0 Å². The predicted octanol–water partition coefficient (Wildman–Crippen LogP) is 2.70. The van der Waals surface area contributed by atoms with Gasteiger partial charge in [-0.1, -0.05) is 0 Å². The van der Waals surface area contributed by atoms with E-state index in [1.54, 1.807) is 0 Å². The fraction of sp³-hybridized carbons (Fsp3) is 0.583. The second-order valence-corrected chi connectivity index (χ2v) is 4.27. The molecule has 0 atom stereocenters. The van der Waals surface area contributed by atoms with Crippen molar-refractivity contribution in [3.8, 4) is 0 Å². The molecule has 0 amide bonds. The van der Waals surface area contributed by atoms with Gasteiger partial charge < -0.3 is 10.0 Å². The topological polar surface area (TPSA) is 36.4 Å². The lowest BCUT2D eigenvalue weighted by Crippen LogP contribution is -2.33. The van der Waals surface area contributed by atoms with Crippen molar-refractivity contribution in [2.24, 2.45) is 0 Å². The van der Waals surface area contributed by atoms with E-state index in [0.717, 1.165) is 12.3 Å². The zero-order valence-corrected chi connectivity index (χ0v) is 10.4. The number of aromatic nitrogens is 1. The van der Waals surface area contributed by atoms with Crippen LogP contribution in [-0.4, -0.2) is 29.3 Å². The summed E-state index contributed by atoms with van der Waals surface area (Å²) in [4.78, 5) is 5.70. The summed E-state index contributed by atoms with van der Waals surface area (Å²) in [6, 6.07) is 2.50. The van der Waals surface area contributed by atoms with Crippen LogP contribution in [0.25, 0.3) is 0 Å². The monoisotopic (exact) mass is 262 g/mol. The van der Waals surface area contributed by atoms with Crippen LogP contribution in [0.2, 0.25) is 0 Å². The van der Waals surface area contributed by atoms with Crippen molar-refractivity contribution in [2.45, 2.75) is 32.5 Å². The molecule has 0 aliphatic carbocycles. The van der Waals surface area contributed by atoms with Gasteiger partial charge in [-0.05, 0) is 32.4 Å². The molecule has 102 valence electrons. The van der Waals surface area contributed by atoms with Crippen LogP contribution in [0, 0.1) is 0 Å². The quantitative estimate of drug-likeness (QED) is 0.886. The average molecular weight is 262 g/mol. The van der Waals surface area contributed by atoms with Crippen molar-refractivity contribution in [1.82, 2.24) is 4.98 Å². The molecule has 0 unspecified atom stereocenters. The Hall–Kier alpha value is -1.30. The number of anilines is 1. The Morgan fingerprint density at radius 3 is 2.39 bits per heavy atom. The molecule has 1 aromatic heterocycles. The Bertz CT molecular complexity index is 363. The van der Waals surface area contributed by atoms with Gasteiger partial charge in [-0.3, -0.25) is 0 Å². The van der Waals surface area contributed by atoms with Gasteiger partial charge in [-0.2, -0.15) is 13.2 Å². The third-order valence-corrected chi connectivity index (χ3v) is 2.55. The summed E-state index contributed by atoms with van der Waals surface area (Å²) in [6.45, 7) is 4.46. The molecule has 0 aromatic carbocycles. The standard InChI is InChI=1S/C12H17F3N2O/c1-9(2)17(6-3-7-18)11-5-4-10(8-16-11)12(13,14)15/h4-5,8-9,18H,3,6-7H2,1-2H3. The van der Waals surface area contributed by atoms with E-state index < -0.39 is 11.7 Å². The maximum atomic E-state index is 12.4. The molecule has 0 saturated carbocycles. The van der Waals surface area contributed by atoms with E-state index in [-0.39, 0.29) is 12.6 Å². The summed E-state index contributed by atoms with van der Waals surface area (Å²) < 4.78 is 37.2. The second kappa shape index (κ2) is 6.04. The highest BCUT2D eigenvalue weighted by atomic mass is 19.4. The highest BCUT2D eigenvalue weighted by molar-refractivity contribution is 5.40. The van der Waals surface area contributed by atoms with E-state index >= 15 is 0 Å². The first-order valence-corrected chi connectivity index (χ1v) is 5.77. The second-order valence-electron chi connectivity index (χ2n) is 4.27. The van der Waals surface area contributed by atoms with Crippen LogP contribution in [-0.2, 0) is 6.18 Å². The van der Waals surface area contributed by atoms with Crippen molar-refractivity contribution in [1.29, 1.82) is 0 Å². The van der Waals surface area contributed by atoms with Crippen LogP contribution in [0.1, 0.15) is 25.8 Å². The third kappa shape index (κ3) is 3.87. The van der Waals surface area contributed by atoms with E-state index in [1.807, 2.05) is 18.7 Å². The zero-order valence-electron chi connectivity index (χ0n) is 10.4. The average Bonchev–Trinajstić information content (AvgIpc) is 2.28. The van der Waals surface area contributed by atoms with Crippen LogP contribution >= 0.6 is 0 Å². The lowest BCUT2D eigenvalue weighted by atomic mass is 10.2. The van der Waals surface area contributed by atoms with Gasteiger partial charge in [0.05, 0.1) is 5.56 Å². The molecule has 1 rings (SSSR count). The molecule has 0 saturated heterocycles. The van der Waals surface area contributed by atoms with Crippen molar-refractivity contribution >= 4 is 5.82 Å². The van der Waals surface area contributed by atoms with Crippen molar-refractivity contribution < 1.29 is 18.3 Å². The minimum atomic E-state index is -4.36. The van der Waals surface area contributed by atoms with Gasteiger partial charge in [-0.25, -0.2) is 4.98 Å². The number of aliphatic hydroxyl groups excluding tert-OH is 1. The highest BCUT2D eigenvalue weighted by Crippen LogP contribution is 2.29. The number of pyridine rings is 1. The van der Waals surface area contributed by atoms with Crippen molar-refractivity contribution in [3.63, 3.8) is 0 Å². The molecule has 1 N–H and O–H groups in total. The van der Waals surface area contributed by atoms with Crippen molar-refractivity contribution in [3.05, 3.63) is 23.9 Å². The molecule has 1 heterocycles. The Balaban J connectivity index is 2.87. The van der Waals surface area contributed by atoms with Gasteiger partial charge >= 0.3 is 6.18 Å². The Morgan fingerprint density at radius 1 is 1.33 bits per heavy atom. The number of hydrogen-bond acceptors (Lipinski definition) is 3. The van der Waals surface area contributed by atoms with E-state index in [1.165, 1.54) is 6.07 Å². The number of halogens is 3. The lowest BCUT2D eigenvalue weighted by Gasteiger charge is -2.27. The van der Waals surface area contributed by atoms with E-state index in [4.69, 9.17) is 5.11 Å². The molecule has 18 heavy (non-hydrogen) atoms. The van der Waals surface area contributed by atoms with Gasteiger partial charge in [0.1, 0.15) is 5.82 Å². The van der Waals surface area contributed by atoms with Crippen LogP contribution in [0.3, 0.4) is 0 Å². The normalized spacial score (nSPS) is 11.9. The minimum Gasteiger partial charge on any atom is -0.396 e. The molecule has 0 aliphatic rings. The van der Waals surface area contributed by atoms with Gasteiger partial charge in [0.2, 0.25) is 0 Å². The first kappa shape index (κ1) is 14.8. The van der Waals surface area contributed by atoms with E-state index in [0.29, 0.717) is 18.8 Å². The SMILES string of the molecule is CC(C)N(CCCO)c1ccc(C(F)(F)F)cn1. The number of alkyl halides is 3. The maximum absolute atomic E-state index is 12.4. The Morgan fingerprint density at radius 2 is 2.00 bits per heavy atom. The van der Waals surface area contributed by atoms with Crippen LogP contribution in [0.5, 0.6) is 0 Å². The molecule has 0 radical (unpaired) electrons. The summed E-state index contributed by atoms with van der Waals surface area (Å²) in [5, 5.41) is 8.80. The van der Waals surface area contributed by atoms with Crippen LogP contribution < -0.4 is 4.90 Å². The summed E-state index contributed by atoms with van der Waals surface area (Å²) >= 11 is 0. The summed E-state index contributed by atoms with van der Waals surface area (Å²) in [5.74, 6) is 0.492. The Kier molecular flexibility index (Phi) is 4.95. The fourth-order valence-electron chi connectivity index (χ4n) is 1.60. The number of aliphatic hydroxyl groups is 1. The van der Waals surface area contributed by atoms with Gasteiger partial charge in [-0.15, -0.1) is 0 Å². The third-order valence-electron chi connectivity index (χ3n) is 2.55. The largest absolute Gasteiger partial charge is 0.417 e. The molecule has 0 spiro atoms. The lowest BCUT2D eigenvalue weighted by molar-refractivity contribution is -0.137. The van der Waals surface area contributed by atoms with E-state index in [2.05, 4.69) is 4.98 Å². The number of nitrogens with zero attached hydrogens (tertiary/aromatic N) is 2. The van der Waals surface area contributed by atoms with Gasteiger partial charge in [0, 0.05) is 25.4 Å². The van der Waals surface area contributed by atoms with E-state index in [9.17, 15) is 13.2 Å². The predicted molar refractivity (Wildman–Crippen MR) is 63.4 cm³/mol. The summed E-state index contributed by atoms with van der Waals surface area (Å²) in [5.41, 5.74) is -0.753. The summed E-state index contributed by atoms with van der Waals surface area (Å²) in [7, 11) is 0. The molecule has 3 nitrogen and oxygen atoms in total. The van der Waals surface area contributed by atoms with Crippen LogP contribution in [0.4, 0.5) is 19.0 Å². The smallest absolute Gasteiger partial charge is 0.396 e. The molecule has 0 bridgehead atoms. The first-order valence-electron chi connectivity index (χ1n) is 5.77. The molecular weight excluding hydrogens is 245 g/mol. The van der Waals surface area contributed by atoms with Gasteiger partial charge in [0.25, 0.3) is 0 Å². The molecule has 0 fully saturated rings. The zero-order chi connectivity index (χ0) is 13.8. The molecular formula is C12H17F3N2O. The number of hydrogen-bond donors (Lipinski definition) is 1. The number of rotatable bonds is 5. The first-order chi connectivity index (χ1) is 8.36. The van der Waals surface area contributed by atoms with Crippen molar-refractivity contribution in [2.75, 3.05) is 18.1 Å². The Labute approximate surface area is 104 Å². The highest BCUT2D eigenvalue weighted by Gasteiger charge is 2.30. The fourth-order valence-corrected chi connectivity index (χ4v) is 1.60. The van der Waals surface area contributed by atoms with Crippen LogP contribution in [0.15, 0.2) is 18.3 Å².